The number of hydrogen-bond acceptors (Lipinski definition) is 2. The molecule has 0 saturated carbocycles. The zero-order valence-corrected chi connectivity index (χ0v) is 10.8. The fraction of sp³-hybridized carbons (Fsp3) is 0.188. The highest BCUT2D eigenvalue weighted by atomic mass is 16.1. The SMILES string of the molecule is O=C(NCCNCc1ccccc1)c1ccccc1. The van der Waals surface area contributed by atoms with E-state index in [0.29, 0.717) is 12.1 Å². The molecule has 0 saturated heterocycles. The van der Waals surface area contributed by atoms with Crippen LogP contribution in [0, 0.1) is 0 Å². The molecule has 0 atom stereocenters. The molecule has 0 radical (unpaired) electrons. The van der Waals surface area contributed by atoms with E-state index in [1.165, 1.54) is 5.56 Å². The molecule has 0 aliphatic carbocycles. The van der Waals surface area contributed by atoms with Gasteiger partial charge >= 0.3 is 0 Å². The van der Waals surface area contributed by atoms with E-state index in [9.17, 15) is 4.79 Å². The lowest BCUT2D eigenvalue weighted by Crippen LogP contribution is -2.31. The fourth-order valence-corrected chi connectivity index (χ4v) is 1.78. The average Bonchev–Trinajstić information content (AvgIpc) is 2.49. The molecule has 3 nitrogen and oxygen atoms in total. The van der Waals surface area contributed by atoms with Crippen molar-refractivity contribution in [3.8, 4) is 0 Å². The van der Waals surface area contributed by atoms with Crippen LogP contribution in [0.4, 0.5) is 0 Å². The van der Waals surface area contributed by atoms with Crippen molar-refractivity contribution in [2.75, 3.05) is 13.1 Å². The first-order valence-corrected chi connectivity index (χ1v) is 6.44. The van der Waals surface area contributed by atoms with Crippen molar-refractivity contribution in [3.05, 3.63) is 71.8 Å². The summed E-state index contributed by atoms with van der Waals surface area (Å²) in [5.41, 5.74) is 1.95. The van der Waals surface area contributed by atoms with Crippen LogP contribution in [-0.4, -0.2) is 19.0 Å². The largest absolute Gasteiger partial charge is 0.351 e. The first-order valence-electron chi connectivity index (χ1n) is 6.44. The van der Waals surface area contributed by atoms with Gasteiger partial charge in [-0.15, -0.1) is 0 Å². The quantitative estimate of drug-likeness (QED) is 0.776. The second-order valence-electron chi connectivity index (χ2n) is 4.28. The van der Waals surface area contributed by atoms with Gasteiger partial charge in [-0.25, -0.2) is 0 Å². The molecule has 0 unspecified atom stereocenters. The Kier molecular flexibility index (Phi) is 5.14. The lowest BCUT2D eigenvalue weighted by molar-refractivity contribution is 0.0954. The predicted octanol–water partition coefficient (Wildman–Crippen LogP) is 2.21. The first kappa shape index (κ1) is 13.3. The molecule has 0 fully saturated rings. The Morgan fingerprint density at radius 2 is 1.47 bits per heavy atom. The number of rotatable bonds is 6. The Bertz CT molecular complexity index is 497. The maximum atomic E-state index is 11.7. The number of carbonyl (C=O) groups is 1. The van der Waals surface area contributed by atoms with Gasteiger partial charge in [0.1, 0.15) is 0 Å². The van der Waals surface area contributed by atoms with Crippen molar-refractivity contribution in [2.45, 2.75) is 6.54 Å². The van der Waals surface area contributed by atoms with Crippen LogP contribution >= 0.6 is 0 Å². The third-order valence-corrected chi connectivity index (χ3v) is 2.80. The monoisotopic (exact) mass is 254 g/mol. The standard InChI is InChI=1S/C16H18N2O/c19-16(15-9-5-2-6-10-15)18-12-11-17-13-14-7-3-1-4-8-14/h1-10,17H,11-13H2,(H,18,19). The van der Waals surface area contributed by atoms with Crippen LogP contribution < -0.4 is 10.6 Å². The van der Waals surface area contributed by atoms with Crippen LogP contribution in [0.5, 0.6) is 0 Å². The molecule has 2 N–H and O–H groups in total. The topological polar surface area (TPSA) is 41.1 Å². The summed E-state index contributed by atoms with van der Waals surface area (Å²) in [5.74, 6) is -0.0258. The van der Waals surface area contributed by atoms with Crippen molar-refractivity contribution in [2.24, 2.45) is 0 Å². The highest BCUT2D eigenvalue weighted by Gasteiger charge is 2.02. The van der Waals surface area contributed by atoms with Crippen molar-refractivity contribution in [1.29, 1.82) is 0 Å². The molecule has 1 amide bonds. The minimum absolute atomic E-state index is 0.0258. The van der Waals surface area contributed by atoms with Crippen molar-refractivity contribution >= 4 is 5.91 Å². The van der Waals surface area contributed by atoms with E-state index in [-0.39, 0.29) is 5.91 Å². The molecule has 3 heteroatoms. The molecule has 0 aliphatic heterocycles. The van der Waals surface area contributed by atoms with Gasteiger partial charge < -0.3 is 10.6 Å². The molecule has 0 aromatic heterocycles. The molecule has 2 aromatic carbocycles. The maximum Gasteiger partial charge on any atom is 0.251 e. The molecule has 98 valence electrons. The summed E-state index contributed by atoms with van der Waals surface area (Å²) in [6.07, 6.45) is 0. The Morgan fingerprint density at radius 3 is 2.16 bits per heavy atom. The lowest BCUT2D eigenvalue weighted by atomic mass is 10.2. The summed E-state index contributed by atoms with van der Waals surface area (Å²) < 4.78 is 0. The lowest BCUT2D eigenvalue weighted by Gasteiger charge is -2.07. The number of amides is 1. The summed E-state index contributed by atoms with van der Waals surface area (Å²) in [6, 6.07) is 19.5. The second-order valence-corrected chi connectivity index (χ2v) is 4.28. The Morgan fingerprint density at radius 1 is 0.842 bits per heavy atom. The minimum Gasteiger partial charge on any atom is -0.351 e. The summed E-state index contributed by atoms with van der Waals surface area (Å²) >= 11 is 0. The van der Waals surface area contributed by atoms with Crippen LogP contribution in [0.25, 0.3) is 0 Å². The van der Waals surface area contributed by atoms with E-state index >= 15 is 0 Å². The van der Waals surface area contributed by atoms with E-state index in [2.05, 4.69) is 22.8 Å². The van der Waals surface area contributed by atoms with E-state index in [1.807, 2.05) is 48.5 Å². The fourth-order valence-electron chi connectivity index (χ4n) is 1.78. The summed E-state index contributed by atoms with van der Waals surface area (Å²) in [4.78, 5) is 11.7. The van der Waals surface area contributed by atoms with Crippen LogP contribution in [0.15, 0.2) is 60.7 Å². The average molecular weight is 254 g/mol. The van der Waals surface area contributed by atoms with Crippen molar-refractivity contribution in [1.82, 2.24) is 10.6 Å². The summed E-state index contributed by atoms with van der Waals surface area (Å²) in [5, 5.41) is 6.18. The number of carbonyl (C=O) groups excluding carboxylic acids is 1. The zero-order valence-electron chi connectivity index (χ0n) is 10.8. The zero-order chi connectivity index (χ0) is 13.3. The molecule has 2 aromatic rings. The highest BCUT2D eigenvalue weighted by Crippen LogP contribution is 1.98. The maximum absolute atomic E-state index is 11.7. The van der Waals surface area contributed by atoms with Gasteiger partial charge in [-0.2, -0.15) is 0 Å². The van der Waals surface area contributed by atoms with Crippen molar-refractivity contribution < 1.29 is 4.79 Å². The smallest absolute Gasteiger partial charge is 0.251 e. The molecular weight excluding hydrogens is 236 g/mol. The normalized spacial score (nSPS) is 10.1. The van der Waals surface area contributed by atoms with Gasteiger partial charge in [0.2, 0.25) is 0 Å². The first-order chi connectivity index (χ1) is 9.36. The van der Waals surface area contributed by atoms with Gasteiger partial charge in [0, 0.05) is 25.2 Å². The van der Waals surface area contributed by atoms with Crippen LogP contribution in [0.1, 0.15) is 15.9 Å². The third kappa shape index (κ3) is 4.56. The van der Waals surface area contributed by atoms with Gasteiger partial charge in [0.25, 0.3) is 5.91 Å². The third-order valence-electron chi connectivity index (χ3n) is 2.80. The molecule has 19 heavy (non-hydrogen) atoms. The molecule has 0 bridgehead atoms. The molecule has 0 aliphatic rings. The predicted molar refractivity (Wildman–Crippen MR) is 76.9 cm³/mol. The molecule has 0 spiro atoms. The summed E-state index contributed by atoms with van der Waals surface area (Å²) in [6.45, 7) is 2.20. The van der Waals surface area contributed by atoms with Crippen LogP contribution in [-0.2, 0) is 6.54 Å². The van der Waals surface area contributed by atoms with Gasteiger partial charge in [-0.05, 0) is 17.7 Å². The van der Waals surface area contributed by atoms with Gasteiger partial charge in [0.15, 0.2) is 0 Å². The van der Waals surface area contributed by atoms with E-state index < -0.39 is 0 Å². The highest BCUT2D eigenvalue weighted by molar-refractivity contribution is 5.94. The van der Waals surface area contributed by atoms with Crippen molar-refractivity contribution in [3.63, 3.8) is 0 Å². The minimum atomic E-state index is -0.0258. The van der Waals surface area contributed by atoms with Gasteiger partial charge in [0.05, 0.1) is 0 Å². The Balaban J connectivity index is 1.63. The number of nitrogens with one attached hydrogen (secondary N) is 2. The molecule has 0 heterocycles. The summed E-state index contributed by atoms with van der Waals surface area (Å²) in [7, 11) is 0. The van der Waals surface area contributed by atoms with E-state index in [4.69, 9.17) is 0 Å². The number of benzene rings is 2. The Hall–Kier alpha value is -2.13. The second kappa shape index (κ2) is 7.34. The molecular formula is C16H18N2O. The Labute approximate surface area is 113 Å². The van der Waals surface area contributed by atoms with Crippen LogP contribution in [0.2, 0.25) is 0 Å². The number of hydrogen-bond donors (Lipinski definition) is 2. The molecule has 2 rings (SSSR count). The van der Waals surface area contributed by atoms with Gasteiger partial charge in [-0.1, -0.05) is 48.5 Å². The van der Waals surface area contributed by atoms with Crippen LogP contribution in [0.3, 0.4) is 0 Å². The van der Waals surface area contributed by atoms with Gasteiger partial charge in [-0.3, -0.25) is 4.79 Å². The van der Waals surface area contributed by atoms with E-state index in [0.717, 1.165) is 13.1 Å². The van der Waals surface area contributed by atoms with E-state index in [1.54, 1.807) is 0 Å².